The second kappa shape index (κ2) is 7.11. The van der Waals surface area contributed by atoms with Crippen LogP contribution in [0.1, 0.15) is 5.56 Å². The van der Waals surface area contributed by atoms with Crippen LogP contribution in [0.15, 0.2) is 57.2 Å². The summed E-state index contributed by atoms with van der Waals surface area (Å²) in [6, 6.07) is 11.3. The van der Waals surface area contributed by atoms with E-state index in [-0.39, 0.29) is 18.0 Å². The fraction of sp³-hybridized carbons (Fsp3) is 0.118. The number of benzene rings is 1. The average Bonchev–Trinajstić information content (AvgIpc) is 3.01. The lowest BCUT2D eigenvalue weighted by Crippen LogP contribution is -2.28. The summed E-state index contributed by atoms with van der Waals surface area (Å²) in [5, 5.41) is 5.14. The van der Waals surface area contributed by atoms with Gasteiger partial charge in [0.25, 0.3) is 5.56 Å². The van der Waals surface area contributed by atoms with E-state index in [2.05, 4.69) is 26.2 Å². The first kappa shape index (κ1) is 16.6. The van der Waals surface area contributed by atoms with Crippen LogP contribution in [0.3, 0.4) is 0 Å². The molecule has 0 spiro atoms. The monoisotopic (exact) mass is 403 g/mol. The Hall–Kier alpha value is -2.25. The average molecular weight is 404 g/mol. The molecule has 2 aromatic heterocycles. The number of carbonyl (C=O) groups is 1. The zero-order chi connectivity index (χ0) is 17.1. The van der Waals surface area contributed by atoms with Gasteiger partial charge in [-0.1, -0.05) is 34.1 Å². The number of amides is 1. The second-order valence-corrected chi connectivity index (χ2v) is 6.99. The third kappa shape index (κ3) is 3.80. The van der Waals surface area contributed by atoms with E-state index < -0.39 is 0 Å². The van der Waals surface area contributed by atoms with Crippen molar-refractivity contribution >= 4 is 38.3 Å². The molecule has 1 amide bonds. The third-order valence-corrected chi connectivity index (χ3v) is 4.70. The quantitative estimate of drug-likeness (QED) is 0.722. The van der Waals surface area contributed by atoms with Crippen LogP contribution in [0.5, 0.6) is 0 Å². The number of carbonyl (C=O) groups excluding carboxylic acids is 1. The highest BCUT2D eigenvalue weighted by molar-refractivity contribution is 9.10. The van der Waals surface area contributed by atoms with Crippen molar-refractivity contribution in [2.24, 2.45) is 0 Å². The minimum Gasteiger partial charge on any atom is -0.306 e. The number of pyridine rings is 1. The predicted molar refractivity (Wildman–Crippen MR) is 99.3 cm³/mol. The van der Waals surface area contributed by atoms with Gasteiger partial charge >= 0.3 is 0 Å². The molecule has 0 radical (unpaired) electrons. The molecule has 24 heavy (non-hydrogen) atoms. The maximum atomic E-state index is 12.1. The normalized spacial score (nSPS) is 10.6. The van der Waals surface area contributed by atoms with Gasteiger partial charge in [0.2, 0.25) is 5.91 Å². The highest BCUT2D eigenvalue weighted by Crippen LogP contribution is 2.26. The van der Waals surface area contributed by atoms with Crippen LogP contribution >= 0.6 is 27.3 Å². The Morgan fingerprint density at radius 2 is 2.04 bits per heavy atom. The molecule has 0 atom stereocenters. The molecule has 3 aromatic rings. The van der Waals surface area contributed by atoms with E-state index in [0.717, 1.165) is 15.7 Å². The number of hydrogen-bond acceptors (Lipinski definition) is 4. The van der Waals surface area contributed by atoms with Crippen molar-refractivity contribution in [3.63, 3.8) is 0 Å². The molecule has 3 rings (SSSR count). The highest BCUT2D eigenvalue weighted by atomic mass is 79.9. The summed E-state index contributed by atoms with van der Waals surface area (Å²) >= 11 is 4.75. The van der Waals surface area contributed by atoms with Gasteiger partial charge in [-0.25, -0.2) is 4.98 Å². The van der Waals surface area contributed by atoms with Crippen molar-refractivity contribution in [1.29, 1.82) is 0 Å². The molecule has 5 nitrogen and oxygen atoms in total. The summed E-state index contributed by atoms with van der Waals surface area (Å²) in [7, 11) is 0. The van der Waals surface area contributed by atoms with Crippen molar-refractivity contribution in [2.75, 3.05) is 5.32 Å². The van der Waals surface area contributed by atoms with Crippen LogP contribution in [-0.2, 0) is 11.3 Å². The number of rotatable bonds is 4. The molecule has 0 aliphatic heterocycles. The van der Waals surface area contributed by atoms with Crippen molar-refractivity contribution in [3.05, 3.63) is 68.4 Å². The SMILES string of the molecule is Cc1cccn(CC(=O)Nc2nc(-c3ccc(Br)cc3)cs2)c1=O. The van der Waals surface area contributed by atoms with Gasteiger partial charge in [-0.15, -0.1) is 11.3 Å². The molecule has 0 saturated carbocycles. The maximum Gasteiger partial charge on any atom is 0.253 e. The molecule has 122 valence electrons. The Balaban J connectivity index is 1.70. The molecular weight excluding hydrogens is 390 g/mol. The Kier molecular flexibility index (Phi) is 4.92. The third-order valence-electron chi connectivity index (χ3n) is 3.41. The second-order valence-electron chi connectivity index (χ2n) is 5.22. The first-order chi connectivity index (χ1) is 11.5. The smallest absolute Gasteiger partial charge is 0.253 e. The molecule has 7 heteroatoms. The number of thiazole rings is 1. The Morgan fingerprint density at radius 3 is 2.79 bits per heavy atom. The summed E-state index contributed by atoms with van der Waals surface area (Å²) in [6.07, 6.45) is 1.60. The van der Waals surface area contributed by atoms with Gasteiger partial charge in [0.05, 0.1) is 5.69 Å². The molecule has 0 fully saturated rings. The van der Waals surface area contributed by atoms with Crippen molar-refractivity contribution in [2.45, 2.75) is 13.5 Å². The lowest BCUT2D eigenvalue weighted by atomic mass is 10.2. The molecule has 0 aliphatic carbocycles. The minimum absolute atomic E-state index is 0.0340. The lowest BCUT2D eigenvalue weighted by molar-refractivity contribution is -0.116. The standard InChI is InChI=1S/C17H14BrN3O2S/c1-11-3-2-8-21(16(11)23)9-15(22)20-17-19-14(10-24-17)12-4-6-13(18)7-5-12/h2-8,10H,9H2,1H3,(H,19,20,22). The van der Waals surface area contributed by atoms with Gasteiger partial charge in [-0.3, -0.25) is 9.59 Å². The van der Waals surface area contributed by atoms with E-state index in [9.17, 15) is 9.59 Å². The minimum atomic E-state index is -0.278. The van der Waals surface area contributed by atoms with Crippen LogP contribution in [0.25, 0.3) is 11.3 Å². The van der Waals surface area contributed by atoms with Crippen molar-refractivity contribution < 1.29 is 4.79 Å². The zero-order valence-electron chi connectivity index (χ0n) is 12.8. The summed E-state index contributed by atoms with van der Waals surface area (Å²) in [6.45, 7) is 1.69. The van der Waals surface area contributed by atoms with Crippen LogP contribution < -0.4 is 10.9 Å². The largest absolute Gasteiger partial charge is 0.306 e. The van der Waals surface area contributed by atoms with Crippen LogP contribution in [0.4, 0.5) is 5.13 Å². The van der Waals surface area contributed by atoms with Gasteiger partial charge in [0, 0.05) is 27.2 Å². The number of aromatic nitrogens is 2. The van der Waals surface area contributed by atoms with E-state index in [1.165, 1.54) is 15.9 Å². The summed E-state index contributed by atoms with van der Waals surface area (Å²) < 4.78 is 2.38. The summed E-state index contributed by atoms with van der Waals surface area (Å²) in [5.74, 6) is -0.278. The zero-order valence-corrected chi connectivity index (χ0v) is 15.2. The predicted octanol–water partition coefficient (Wildman–Crippen LogP) is 3.68. The summed E-state index contributed by atoms with van der Waals surface area (Å²) in [4.78, 5) is 28.5. The number of halogens is 1. The highest BCUT2D eigenvalue weighted by Gasteiger charge is 2.10. The van der Waals surface area contributed by atoms with Gasteiger partial charge in [-0.05, 0) is 25.1 Å². The Bertz CT molecular complexity index is 932. The number of anilines is 1. The molecule has 0 unspecified atom stereocenters. The van der Waals surface area contributed by atoms with Crippen LogP contribution in [0.2, 0.25) is 0 Å². The molecule has 0 saturated heterocycles. The van der Waals surface area contributed by atoms with E-state index in [0.29, 0.717) is 10.7 Å². The number of nitrogens with one attached hydrogen (secondary N) is 1. The van der Waals surface area contributed by atoms with Gasteiger partial charge in [0.15, 0.2) is 5.13 Å². The van der Waals surface area contributed by atoms with Crippen molar-refractivity contribution in [1.82, 2.24) is 9.55 Å². The van der Waals surface area contributed by atoms with Crippen LogP contribution in [0, 0.1) is 6.92 Å². The van der Waals surface area contributed by atoms with Gasteiger partial charge in [0.1, 0.15) is 6.54 Å². The molecule has 0 aliphatic rings. The maximum absolute atomic E-state index is 12.1. The molecule has 1 aromatic carbocycles. The lowest BCUT2D eigenvalue weighted by Gasteiger charge is -2.05. The topological polar surface area (TPSA) is 64.0 Å². The van der Waals surface area contributed by atoms with E-state index in [1.54, 1.807) is 25.3 Å². The van der Waals surface area contributed by atoms with E-state index in [4.69, 9.17) is 0 Å². The fourth-order valence-electron chi connectivity index (χ4n) is 2.18. The number of aryl methyl sites for hydroxylation is 1. The first-order valence-electron chi connectivity index (χ1n) is 7.20. The molecule has 0 bridgehead atoms. The first-order valence-corrected chi connectivity index (χ1v) is 8.87. The fourth-order valence-corrected chi connectivity index (χ4v) is 3.18. The molecular formula is C17H14BrN3O2S. The molecule has 2 heterocycles. The van der Waals surface area contributed by atoms with E-state index in [1.807, 2.05) is 29.6 Å². The Labute approximate surface area is 151 Å². The Morgan fingerprint density at radius 1 is 1.29 bits per heavy atom. The number of nitrogens with zero attached hydrogens (tertiary/aromatic N) is 2. The summed E-state index contributed by atoms with van der Waals surface area (Å²) in [5.41, 5.74) is 2.22. The van der Waals surface area contributed by atoms with Gasteiger partial charge in [-0.2, -0.15) is 0 Å². The number of hydrogen-bond donors (Lipinski definition) is 1. The van der Waals surface area contributed by atoms with Gasteiger partial charge < -0.3 is 9.88 Å². The molecule has 1 N–H and O–H groups in total. The van der Waals surface area contributed by atoms with E-state index >= 15 is 0 Å². The van der Waals surface area contributed by atoms with Crippen molar-refractivity contribution in [3.8, 4) is 11.3 Å². The van der Waals surface area contributed by atoms with Crippen LogP contribution in [-0.4, -0.2) is 15.5 Å².